The minimum atomic E-state index is -0.847. The van der Waals surface area contributed by atoms with Gasteiger partial charge in [0.25, 0.3) is 0 Å². The van der Waals surface area contributed by atoms with E-state index in [1.54, 1.807) is 6.08 Å². The maximum absolute atomic E-state index is 12.4. The standard InChI is InChI=1S/C59H111NO5/c1-3-5-7-9-11-13-15-16-25-29-33-37-41-45-49-53-59(64)65-54-50-46-42-38-34-30-27-24-22-20-18-17-19-21-23-26-28-32-36-40-44-48-52-58(63)60-56(55-61)57(62)51-47-43-39-35-31-14-12-10-8-6-4-2/h16,19,21,25,47,51,56-57,61-62H,3-15,17-18,20,22-24,26-46,48-50,52-55H2,1-2H3,(H,60,63)/b21-19-,25-16-,51-47+. The topological polar surface area (TPSA) is 95.9 Å². The van der Waals surface area contributed by atoms with Crippen molar-refractivity contribution in [3.8, 4) is 0 Å². The van der Waals surface area contributed by atoms with E-state index >= 15 is 0 Å². The van der Waals surface area contributed by atoms with Crippen LogP contribution in [0.3, 0.4) is 0 Å². The predicted octanol–water partition coefficient (Wildman–Crippen LogP) is 17.6. The zero-order valence-electron chi connectivity index (χ0n) is 43.5. The van der Waals surface area contributed by atoms with Crippen LogP contribution in [0.5, 0.6) is 0 Å². The lowest BCUT2D eigenvalue weighted by Crippen LogP contribution is -2.45. The smallest absolute Gasteiger partial charge is 0.305 e. The molecule has 0 aromatic heterocycles. The number of hydrogen-bond acceptors (Lipinski definition) is 5. The lowest BCUT2D eigenvalue weighted by atomic mass is 10.0. The second-order valence-electron chi connectivity index (χ2n) is 19.6. The SMILES string of the molecule is CCCCCCCC/C=C\CCCCCCCC(=O)OCCCCCCCCCCCCC/C=C\CCCCCCCCCC(=O)NC(CO)C(O)/C=C/CCCCCCCCCCC. The first-order valence-corrected chi connectivity index (χ1v) is 28.8. The fraction of sp³-hybridized carbons (Fsp3) is 0.864. The molecule has 3 N–H and O–H groups in total. The Hall–Kier alpha value is -1.92. The quantitative estimate of drug-likeness (QED) is 0.0321. The number of aliphatic hydroxyl groups excluding tert-OH is 2. The number of ether oxygens (including phenoxy) is 1. The first-order valence-electron chi connectivity index (χ1n) is 28.8. The molecule has 0 bridgehead atoms. The fourth-order valence-electron chi connectivity index (χ4n) is 8.68. The van der Waals surface area contributed by atoms with Crippen molar-refractivity contribution in [2.24, 2.45) is 0 Å². The number of aliphatic hydroxyl groups is 2. The highest BCUT2D eigenvalue weighted by molar-refractivity contribution is 5.76. The van der Waals surface area contributed by atoms with Gasteiger partial charge in [-0.1, -0.05) is 243 Å². The van der Waals surface area contributed by atoms with Gasteiger partial charge in [0.1, 0.15) is 0 Å². The monoisotopic (exact) mass is 914 g/mol. The summed E-state index contributed by atoms with van der Waals surface area (Å²) in [4.78, 5) is 24.4. The normalized spacial score (nSPS) is 12.9. The van der Waals surface area contributed by atoms with E-state index in [9.17, 15) is 19.8 Å². The molecule has 0 aromatic carbocycles. The van der Waals surface area contributed by atoms with E-state index in [1.807, 2.05) is 6.08 Å². The molecule has 0 saturated heterocycles. The Morgan fingerprint density at radius 2 is 0.723 bits per heavy atom. The number of rotatable bonds is 53. The Labute approximate surface area is 404 Å². The summed E-state index contributed by atoms with van der Waals surface area (Å²) >= 11 is 0. The molecule has 1 amide bonds. The number of hydrogen-bond donors (Lipinski definition) is 3. The van der Waals surface area contributed by atoms with E-state index in [-0.39, 0.29) is 18.5 Å². The molecule has 0 heterocycles. The van der Waals surface area contributed by atoms with Crippen molar-refractivity contribution in [3.05, 3.63) is 36.5 Å². The van der Waals surface area contributed by atoms with Crippen LogP contribution in [0.15, 0.2) is 36.5 Å². The molecule has 6 nitrogen and oxygen atoms in total. The molecule has 0 radical (unpaired) electrons. The van der Waals surface area contributed by atoms with Crippen LogP contribution in [-0.4, -0.2) is 47.4 Å². The molecule has 0 aliphatic heterocycles. The summed E-state index contributed by atoms with van der Waals surface area (Å²) in [6, 6.07) is -0.632. The number of unbranched alkanes of at least 4 members (excludes halogenated alkanes) is 38. The Balaban J connectivity index is 3.42. The third-order valence-corrected chi connectivity index (χ3v) is 13.1. The second kappa shape index (κ2) is 54.7. The average molecular weight is 915 g/mol. The molecule has 0 spiro atoms. The molecule has 0 fully saturated rings. The molecule has 0 aromatic rings. The van der Waals surface area contributed by atoms with Gasteiger partial charge < -0.3 is 20.3 Å². The molecule has 6 heteroatoms. The van der Waals surface area contributed by atoms with Crippen molar-refractivity contribution < 1.29 is 24.5 Å². The van der Waals surface area contributed by atoms with Gasteiger partial charge in [0.2, 0.25) is 5.91 Å². The summed E-state index contributed by atoms with van der Waals surface area (Å²) in [6.45, 7) is 4.88. The van der Waals surface area contributed by atoms with Gasteiger partial charge in [-0.05, 0) is 83.5 Å². The highest BCUT2D eigenvalue weighted by Gasteiger charge is 2.18. The van der Waals surface area contributed by atoms with E-state index in [2.05, 4.69) is 43.5 Å². The first-order chi connectivity index (χ1) is 32.0. The molecule has 382 valence electrons. The van der Waals surface area contributed by atoms with Gasteiger partial charge in [0.05, 0.1) is 25.4 Å². The summed E-state index contributed by atoms with van der Waals surface area (Å²) in [5, 5.41) is 23.0. The Morgan fingerprint density at radius 3 is 1.09 bits per heavy atom. The van der Waals surface area contributed by atoms with E-state index in [0.29, 0.717) is 19.4 Å². The summed E-state index contributed by atoms with van der Waals surface area (Å²) < 4.78 is 5.47. The van der Waals surface area contributed by atoms with E-state index in [4.69, 9.17) is 4.74 Å². The number of amides is 1. The number of carbonyl (C=O) groups is 2. The van der Waals surface area contributed by atoms with Crippen LogP contribution in [0.1, 0.15) is 303 Å². The van der Waals surface area contributed by atoms with Crippen molar-refractivity contribution in [2.45, 2.75) is 315 Å². The second-order valence-corrected chi connectivity index (χ2v) is 19.6. The van der Waals surface area contributed by atoms with Gasteiger partial charge in [-0.25, -0.2) is 0 Å². The van der Waals surface area contributed by atoms with Crippen molar-refractivity contribution >= 4 is 11.9 Å². The highest BCUT2D eigenvalue weighted by Crippen LogP contribution is 2.16. The zero-order valence-corrected chi connectivity index (χ0v) is 43.5. The summed E-state index contributed by atoms with van der Waals surface area (Å²) in [6.07, 6.45) is 67.4. The van der Waals surface area contributed by atoms with Crippen LogP contribution in [0.4, 0.5) is 0 Å². The van der Waals surface area contributed by atoms with E-state index in [0.717, 1.165) is 51.4 Å². The lowest BCUT2D eigenvalue weighted by Gasteiger charge is -2.20. The van der Waals surface area contributed by atoms with Gasteiger partial charge in [0, 0.05) is 12.8 Å². The Kier molecular flexibility index (Phi) is 53.1. The largest absolute Gasteiger partial charge is 0.466 e. The number of allylic oxidation sites excluding steroid dienone is 5. The Morgan fingerprint density at radius 1 is 0.415 bits per heavy atom. The summed E-state index contributed by atoms with van der Waals surface area (Å²) in [5.74, 6) is -0.0755. The molecule has 0 saturated carbocycles. The predicted molar refractivity (Wildman–Crippen MR) is 283 cm³/mol. The van der Waals surface area contributed by atoms with Crippen LogP contribution in [-0.2, 0) is 14.3 Å². The number of nitrogens with one attached hydrogen (secondary N) is 1. The zero-order chi connectivity index (χ0) is 47.2. The first kappa shape index (κ1) is 63.1. The van der Waals surface area contributed by atoms with Gasteiger partial charge in [-0.15, -0.1) is 0 Å². The van der Waals surface area contributed by atoms with Crippen molar-refractivity contribution in [3.63, 3.8) is 0 Å². The summed E-state index contributed by atoms with van der Waals surface area (Å²) in [5.41, 5.74) is 0. The third-order valence-electron chi connectivity index (χ3n) is 13.1. The molecule has 0 rings (SSSR count). The maximum atomic E-state index is 12.4. The van der Waals surface area contributed by atoms with Gasteiger partial charge in [-0.3, -0.25) is 9.59 Å². The third kappa shape index (κ3) is 51.3. The van der Waals surface area contributed by atoms with Crippen LogP contribution in [0.2, 0.25) is 0 Å². The highest BCUT2D eigenvalue weighted by atomic mass is 16.5. The minimum Gasteiger partial charge on any atom is -0.466 e. The van der Waals surface area contributed by atoms with E-state index in [1.165, 1.54) is 225 Å². The molecule has 2 atom stereocenters. The van der Waals surface area contributed by atoms with Crippen molar-refractivity contribution in [1.29, 1.82) is 0 Å². The molecule has 0 aliphatic carbocycles. The van der Waals surface area contributed by atoms with Gasteiger partial charge in [-0.2, -0.15) is 0 Å². The van der Waals surface area contributed by atoms with Crippen molar-refractivity contribution in [1.82, 2.24) is 5.32 Å². The summed E-state index contributed by atoms with van der Waals surface area (Å²) in [7, 11) is 0. The number of esters is 1. The number of carbonyl (C=O) groups excluding carboxylic acids is 2. The Bertz CT molecular complexity index is 1060. The van der Waals surface area contributed by atoms with Gasteiger partial charge >= 0.3 is 5.97 Å². The molecule has 0 aliphatic rings. The average Bonchev–Trinajstić information content (AvgIpc) is 3.31. The lowest BCUT2D eigenvalue weighted by molar-refractivity contribution is -0.143. The van der Waals surface area contributed by atoms with Crippen LogP contribution in [0, 0.1) is 0 Å². The maximum Gasteiger partial charge on any atom is 0.305 e. The molecule has 65 heavy (non-hydrogen) atoms. The van der Waals surface area contributed by atoms with Crippen LogP contribution < -0.4 is 5.32 Å². The molecule has 2 unspecified atom stereocenters. The van der Waals surface area contributed by atoms with Crippen LogP contribution >= 0.6 is 0 Å². The fourth-order valence-corrected chi connectivity index (χ4v) is 8.68. The van der Waals surface area contributed by atoms with Crippen molar-refractivity contribution in [2.75, 3.05) is 13.2 Å². The molecular weight excluding hydrogens is 803 g/mol. The van der Waals surface area contributed by atoms with E-state index < -0.39 is 12.1 Å². The minimum absolute atomic E-state index is 0.00104. The molecular formula is C59H111NO5. The van der Waals surface area contributed by atoms with Gasteiger partial charge in [0.15, 0.2) is 0 Å². The van der Waals surface area contributed by atoms with Crippen LogP contribution in [0.25, 0.3) is 0 Å².